The molecule has 0 N–H and O–H groups in total. The van der Waals surface area contributed by atoms with Gasteiger partial charge in [-0.2, -0.15) is 0 Å². The Bertz CT molecular complexity index is 856. The molecule has 69 heavy (non-hydrogen) atoms. The van der Waals surface area contributed by atoms with E-state index in [0.717, 1.165) is 39.0 Å². The van der Waals surface area contributed by atoms with Crippen molar-refractivity contribution in [2.75, 3.05) is 26.2 Å². The number of rotatable bonds is 56. The monoisotopic (exact) mass is 1000 g/mol. The first kappa shape index (κ1) is 73.4. The number of carboxylic acids is 2. The molecule has 0 spiro atoms. The molecule has 6 nitrogen and oxygen atoms in total. The molecule has 0 aromatic heterocycles. The number of aliphatic carboxylic acids is 2. The van der Waals surface area contributed by atoms with Gasteiger partial charge in [0, 0.05) is 24.0 Å². The summed E-state index contributed by atoms with van der Waals surface area (Å²) in [6.07, 6.45) is 62.3. The Morgan fingerprint density at radius 1 is 0.290 bits per heavy atom. The maximum absolute atomic E-state index is 10.9. The van der Waals surface area contributed by atoms with Crippen LogP contribution in [0.25, 0.3) is 0 Å². The predicted octanol–water partition coefficient (Wildman–Crippen LogP) is 17.3. The summed E-state index contributed by atoms with van der Waals surface area (Å²) >= 11 is 0. The Hall–Kier alpha value is 0.120. The first-order valence-electron chi connectivity index (χ1n) is 31.1. The normalized spacial score (nSPS) is 12.3. The molecule has 0 heterocycles. The van der Waals surface area contributed by atoms with Gasteiger partial charge in [-0.15, -0.1) is 0 Å². The number of unbranched alkanes of at least 4 members (excludes halogenated alkanes) is 40. The van der Waals surface area contributed by atoms with E-state index in [1.54, 1.807) is 0 Å². The van der Waals surface area contributed by atoms with Gasteiger partial charge in [-0.25, -0.2) is 0 Å². The zero-order valence-electron chi connectivity index (χ0n) is 48.2. The van der Waals surface area contributed by atoms with Gasteiger partial charge in [-0.3, -0.25) is 0 Å². The maximum Gasteiger partial charge on any atom is 2.00 e. The Morgan fingerprint density at radius 3 is 0.580 bits per heavy atom. The average molecular weight is 1000 g/mol. The van der Waals surface area contributed by atoms with Gasteiger partial charge in [0.15, 0.2) is 0 Å². The van der Waals surface area contributed by atoms with Crippen molar-refractivity contribution >= 4 is 49.7 Å². The summed E-state index contributed by atoms with van der Waals surface area (Å²) in [5, 5.41) is 21.8. The summed E-state index contributed by atoms with van der Waals surface area (Å²) in [6, 6.07) is 0.702. The number of hydrogen-bond donors (Lipinski definition) is 0. The van der Waals surface area contributed by atoms with E-state index >= 15 is 0 Å². The molecule has 0 aromatic rings. The Kier molecular flexibility index (Phi) is 66.4. The van der Waals surface area contributed by atoms with Crippen LogP contribution in [-0.4, -0.2) is 97.7 Å². The Morgan fingerprint density at radius 2 is 0.435 bits per heavy atom. The van der Waals surface area contributed by atoms with Crippen molar-refractivity contribution < 1.29 is 19.8 Å². The van der Waals surface area contributed by atoms with Crippen LogP contribution in [0.1, 0.15) is 350 Å². The first-order valence-corrected chi connectivity index (χ1v) is 31.1. The quantitative estimate of drug-likeness (QED) is 0.0446. The van der Waals surface area contributed by atoms with Crippen molar-refractivity contribution in [2.45, 2.75) is 362 Å². The van der Waals surface area contributed by atoms with Gasteiger partial charge in [0.2, 0.25) is 0 Å². The fourth-order valence-corrected chi connectivity index (χ4v) is 10.0. The summed E-state index contributed by atoms with van der Waals surface area (Å²) in [7, 11) is 0. The van der Waals surface area contributed by atoms with Crippen LogP contribution in [0.15, 0.2) is 0 Å². The molecule has 408 valence electrons. The molecule has 0 amide bonds. The van der Waals surface area contributed by atoms with Gasteiger partial charge >= 0.3 is 37.7 Å². The van der Waals surface area contributed by atoms with Gasteiger partial charge in [-0.1, -0.05) is 285 Å². The molecular weight excluding hydrogens is 877 g/mol. The SMILES string of the molecule is CCCCCCCCCCCCCN(CCCCCCCCCCCCC)C(C)CCC(=O)[O-].CCCCCCCCCCCCCN(CCCCCCCCCCCCC)C(C)CCC(=O)[O-].[Ca+2]. The number of nitrogens with zero attached hydrogens (tertiary/aromatic N) is 2. The molecule has 0 aliphatic rings. The van der Waals surface area contributed by atoms with E-state index in [-0.39, 0.29) is 50.6 Å². The standard InChI is InChI=1S/2C31H63NO2.Ca/c2*1-4-6-8-10-12-14-16-18-20-22-24-28-32(30(3)26-27-31(33)34)29-25-23-21-19-17-15-13-11-9-7-5-2;/h2*30H,4-29H2,1-3H3,(H,33,34);/q;;+2/p-2. The molecule has 0 bridgehead atoms. The molecule has 0 aliphatic heterocycles. The van der Waals surface area contributed by atoms with Gasteiger partial charge in [-0.05, 0) is 91.4 Å². The van der Waals surface area contributed by atoms with E-state index in [4.69, 9.17) is 0 Å². The minimum Gasteiger partial charge on any atom is -0.550 e. The smallest absolute Gasteiger partial charge is 0.550 e. The number of hydrogen-bond acceptors (Lipinski definition) is 6. The van der Waals surface area contributed by atoms with Crippen LogP contribution in [0.4, 0.5) is 0 Å². The third-order valence-corrected chi connectivity index (χ3v) is 15.0. The van der Waals surface area contributed by atoms with Gasteiger partial charge in [0.1, 0.15) is 0 Å². The molecule has 0 aliphatic carbocycles. The molecule has 2 atom stereocenters. The molecule has 2 unspecified atom stereocenters. The topological polar surface area (TPSA) is 86.7 Å². The van der Waals surface area contributed by atoms with Gasteiger partial charge in [0.05, 0.1) is 0 Å². The molecule has 0 rings (SSSR count). The van der Waals surface area contributed by atoms with Crippen LogP contribution < -0.4 is 10.2 Å². The van der Waals surface area contributed by atoms with Crippen LogP contribution in [-0.2, 0) is 9.59 Å². The van der Waals surface area contributed by atoms with E-state index in [1.165, 1.54) is 283 Å². The van der Waals surface area contributed by atoms with Crippen LogP contribution in [0.3, 0.4) is 0 Å². The Balaban J connectivity index is -0.00000124. The van der Waals surface area contributed by atoms with Crippen molar-refractivity contribution in [1.29, 1.82) is 0 Å². The van der Waals surface area contributed by atoms with Gasteiger partial charge < -0.3 is 29.6 Å². The average Bonchev–Trinajstić information content (AvgIpc) is 3.33. The van der Waals surface area contributed by atoms with Crippen molar-refractivity contribution in [3.05, 3.63) is 0 Å². The van der Waals surface area contributed by atoms with Crippen LogP contribution >= 0.6 is 0 Å². The fraction of sp³-hybridized carbons (Fsp3) is 0.968. The molecule has 0 saturated heterocycles. The summed E-state index contributed by atoms with van der Waals surface area (Å²) in [6.45, 7) is 18.1. The second-order valence-corrected chi connectivity index (χ2v) is 21.7. The molecule has 0 aromatic carbocycles. The second kappa shape index (κ2) is 62.4. The molecule has 0 radical (unpaired) electrons. The van der Waals surface area contributed by atoms with Crippen LogP contribution in [0.5, 0.6) is 0 Å². The van der Waals surface area contributed by atoms with Crippen molar-refractivity contribution in [2.24, 2.45) is 0 Å². The fourth-order valence-electron chi connectivity index (χ4n) is 10.0. The van der Waals surface area contributed by atoms with Crippen molar-refractivity contribution in [3.8, 4) is 0 Å². The first-order chi connectivity index (χ1) is 33.2. The third-order valence-electron chi connectivity index (χ3n) is 15.0. The van der Waals surface area contributed by atoms with E-state index < -0.39 is 11.9 Å². The molecule has 0 fully saturated rings. The minimum absolute atomic E-state index is 0. The molecule has 0 saturated carbocycles. The summed E-state index contributed by atoms with van der Waals surface area (Å²) in [5.74, 6) is -1.81. The van der Waals surface area contributed by atoms with Crippen molar-refractivity contribution in [3.63, 3.8) is 0 Å². The number of carbonyl (C=O) groups is 2. The molecule has 7 heteroatoms. The molecular formula is C62H124CaN2O4. The van der Waals surface area contributed by atoms with E-state index in [1.807, 2.05) is 0 Å². The predicted molar refractivity (Wildman–Crippen MR) is 302 cm³/mol. The van der Waals surface area contributed by atoms with Crippen LogP contribution in [0, 0.1) is 0 Å². The second-order valence-electron chi connectivity index (χ2n) is 21.7. The summed E-state index contributed by atoms with van der Waals surface area (Å²) in [4.78, 5) is 26.9. The van der Waals surface area contributed by atoms with Crippen molar-refractivity contribution in [1.82, 2.24) is 9.80 Å². The minimum atomic E-state index is -0.906. The number of carboxylic acid groups (broad SMARTS) is 2. The number of carbonyl (C=O) groups excluding carboxylic acids is 2. The van der Waals surface area contributed by atoms with E-state index in [9.17, 15) is 19.8 Å². The zero-order valence-corrected chi connectivity index (χ0v) is 50.4. The largest absolute Gasteiger partial charge is 2.00 e. The van der Waals surface area contributed by atoms with Crippen LogP contribution in [0.2, 0.25) is 0 Å². The summed E-state index contributed by atoms with van der Waals surface area (Å²) in [5.41, 5.74) is 0. The Labute approximate surface area is 464 Å². The zero-order chi connectivity index (χ0) is 50.2. The van der Waals surface area contributed by atoms with E-state index in [2.05, 4.69) is 51.3 Å². The summed E-state index contributed by atoms with van der Waals surface area (Å²) < 4.78 is 0. The third kappa shape index (κ3) is 60.6. The maximum atomic E-state index is 10.9. The van der Waals surface area contributed by atoms with Gasteiger partial charge in [0.25, 0.3) is 0 Å². The van der Waals surface area contributed by atoms with E-state index in [0.29, 0.717) is 12.1 Å².